The van der Waals surface area contributed by atoms with Crippen molar-refractivity contribution < 1.29 is 4.79 Å². The predicted molar refractivity (Wildman–Crippen MR) is 63.9 cm³/mol. The molecule has 15 heavy (non-hydrogen) atoms. The molecule has 0 bridgehead atoms. The molecular formula is C13H17NO. The molecule has 2 nitrogen and oxygen atoms in total. The van der Waals surface area contributed by atoms with Gasteiger partial charge in [-0.1, -0.05) is 23.8 Å². The van der Waals surface area contributed by atoms with Crippen molar-refractivity contribution in [2.24, 2.45) is 0 Å². The first-order valence-electron chi connectivity index (χ1n) is 5.11. The van der Waals surface area contributed by atoms with Crippen LogP contribution in [0.4, 0.5) is 0 Å². The molecule has 0 unspecified atom stereocenters. The van der Waals surface area contributed by atoms with Gasteiger partial charge in [0.15, 0.2) is 6.29 Å². The Balaban J connectivity index is 2.96. The van der Waals surface area contributed by atoms with Gasteiger partial charge in [-0.25, -0.2) is 0 Å². The van der Waals surface area contributed by atoms with E-state index in [0.29, 0.717) is 0 Å². The summed E-state index contributed by atoms with van der Waals surface area (Å²) in [6.07, 6.45) is 4.85. The van der Waals surface area contributed by atoms with Crippen LogP contribution in [-0.2, 0) is 0 Å². The molecule has 1 aromatic carbocycles. The Bertz CT molecular complexity index is 369. The highest BCUT2D eigenvalue weighted by Crippen LogP contribution is 2.11. The van der Waals surface area contributed by atoms with Crippen LogP contribution in [0.5, 0.6) is 0 Å². The Morgan fingerprint density at radius 3 is 2.67 bits per heavy atom. The molecule has 1 rings (SSSR count). The van der Waals surface area contributed by atoms with Gasteiger partial charge in [0.2, 0.25) is 0 Å². The van der Waals surface area contributed by atoms with Gasteiger partial charge in [0, 0.05) is 19.2 Å². The topological polar surface area (TPSA) is 20.3 Å². The standard InChI is InChI=1S/C13H17NO/c1-4-14(3)8-7-12-9-11(2)5-6-13(12)10-15/h5-10H,4H2,1-3H3/b8-7-. The molecule has 0 amide bonds. The van der Waals surface area contributed by atoms with Crippen LogP contribution in [0.1, 0.15) is 28.4 Å². The fourth-order valence-electron chi connectivity index (χ4n) is 1.26. The lowest BCUT2D eigenvalue weighted by molar-refractivity contribution is 0.112. The molecule has 0 N–H and O–H groups in total. The highest BCUT2D eigenvalue weighted by Gasteiger charge is 1.98. The Morgan fingerprint density at radius 1 is 1.33 bits per heavy atom. The molecule has 0 aliphatic rings. The van der Waals surface area contributed by atoms with Crippen LogP contribution in [-0.4, -0.2) is 24.8 Å². The molecule has 0 saturated carbocycles. The van der Waals surface area contributed by atoms with Gasteiger partial charge in [0.1, 0.15) is 0 Å². The fraction of sp³-hybridized carbons (Fsp3) is 0.308. The summed E-state index contributed by atoms with van der Waals surface area (Å²) in [5.74, 6) is 0. The van der Waals surface area contributed by atoms with Gasteiger partial charge in [0.25, 0.3) is 0 Å². The van der Waals surface area contributed by atoms with Gasteiger partial charge in [-0.15, -0.1) is 0 Å². The number of hydrogen-bond acceptors (Lipinski definition) is 2. The van der Waals surface area contributed by atoms with Gasteiger partial charge >= 0.3 is 0 Å². The normalized spacial score (nSPS) is 10.6. The highest BCUT2D eigenvalue weighted by atomic mass is 16.1. The lowest BCUT2D eigenvalue weighted by atomic mass is 10.1. The maximum Gasteiger partial charge on any atom is 0.150 e. The van der Waals surface area contributed by atoms with Crippen LogP contribution in [0, 0.1) is 6.92 Å². The highest BCUT2D eigenvalue weighted by molar-refractivity contribution is 5.81. The number of rotatable bonds is 4. The van der Waals surface area contributed by atoms with Crippen molar-refractivity contribution in [2.75, 3.05) is 13.6 Å². The molecule has 80 valence electrons. The van der Waals surface area contributed by atoms with Crippen LogP contribution < -0.4 is 0 Å². The number of aldehydes is 1. The molecule has 0 radical (unpaired) electrons. The van der Waals surface area contributed by atoms with Crippen molar-refractivity contribution in [1.29, 1.82) is 0 Å². The summed E-state index contributed by atoms with van der Waals surface area (Å²) in [7, 11) is 2.01. The van der Waals surface area contributed by atoms with E-state index in [1.165, 1.54) is 5.56 Å². The van der Waals surface area contributed by atoms with Gasteiger partial charge in [0.05, 0.1) is 0 Å². The quantitative estimate of drug-likeness (QED) is 0.701. The number of benzene rings is 1. The molecule has 0 heterocycles. The minimum atomic E-state index is 0.737. The largest absolute Gasteiger partial charge is 0.381 e. The first-order valence-corrected chi connectivity index (χ1v) is 5.11. The molecule has 2 heteroatoms. The predicted octanol–water partition coefficient (Wildman–Crippen LogP) is 2.73. The number of carbonyl (C=O) groups excluding carboxylic acids is 1. The van der Waals surface area contributed by atoms with Crippen LogP contribution in [0.25, 0.3) is 6.08 Å². The van der Waals surface area contributed by atoms with Crippen LogP contribution in [0.2, 0.25) is 0 Å². The van der Waals surface area contributed by atoms with E-state index in [4.69, 9.17) is 0 Å². The summed E-state index contributed by atoms with van der Waals surface area (Å²) in [4.78, 5) is 12.9. The van der Waals surface area contributed by atoms with Crippen molar-refractivity contribution in [1.82, 2.24) is 4.90 Å². The Hall–Kier alpha value is -1.57. The number of carbonyl (C=O) groups is 1. The van der Waals surface area contributed by atoms with E-state index in [1.54, 1.807) is 0 Å². The van der Waals surface area contributed by atoms with E-state index in [1.807, 2.05) is 44.4 Å². The summed E-state index contributed by atoms with van der Waals surface area (Å²) in [6.45, 7) is 5.06. The maximum atomic E-state index is 10.8. The van der Waals surface area contributed by atoms with Crippen LogP contribution in [0.3, 0.4) is 0 Å². The van der Waals surface area contributed by atoms with Gasteiger partial charge < -0.3 is 4.90 Å². The number of aryl methyl sites for hydroxylation is 1. The fourth-order valence-corrected chi connectivity index (χ4v) is 1.26. The zero-order valence-corrected chi connectivity index (χ0v) is 9.53. The van der Waals surface area contributed by atoms with Crippen molar-refractivity contribution in [2.45, 2.75) is 13.8 Å². The third-order valence-corrected chi connectivity index (χ3v) is 2.38. The minimum absolute atomic E-state index is 0.737. The van der Waals surface area contributed by atoms with Gasteiger partial charge in [-0.3, -0.25) is 4.79 Å². The molecule has 0 saturated heterocycles. The summed E-state index contributed by atoms with van der Waals surface area (Å²) < 4.78 is 0. The summed E-state index contributed by atoms with van der Waals surface area (Å²) >= 11 is 0. The maximum absolute atomic E-state index is 10.8. The summed E-state index contributed by atoms with van der Waals surface area (Å²) in [5.41, 5.74) is 2.88. The molecule has 0 aromatic heterocycles. The van der Waals surface area contributed by atoms with Crippen LogP contribution in [0.15, 0.2) is 24.4 Å². The van der Waals surface area contributed by atoms with E-state index in [0.717, 1.165) is 24.0 Å². The molecule has 0 aliphatic heterocycles. The third kappa shape index (κ3) is 3.24. The molecule has 1 aromatic rings. The molecule has 0 spiro atoms. The average Bonchev–Trinajstić information content (AvgIpc) is 2.26. The second kappa shape index (κ2) is 5.35. The Labute approximate surface area is 91.2 Å². The monoisotopic (exact) mass is 203 g/mol. The average molecular weight is 203 g/mol. The molecular weight excluding hydrogens is 186 g/mol. The van der Waals surface area contributed by atoms with Crippen LogP contribution >= 0.6 is 0 Å². The van der Waals surface area contributed by atoms with E-state index in [2.05, 4.69) is 11.8 Å². The Kier molecular flexibility index (Phi) is 4.10. The van der Waals surface area contributed by atoms with E-state index < -0.39 is 0 Å². The van der Waals surface area contributed by atoms with E-state index in [-0.39, 0.29) is 0 Å². The van der Waals surface area contributed by atoms with E-state index >= 15 is 0 Å². The first kappa shape index (κ1) is 11.5. The van der Waals surface area contributed by atoms with Crippen molar-refractivity contribution in [3.05, 3.63) is 41.1 Å². The number of nitrogens with zero attached hydrogens (tertiary/aromatic N) is 1. The van der Waals surface area contributed by atoms with Crippen molar-refractivity contribution >= 4 is 12.4 Å². The molecule has 0 atom stereocenters. The van der Waals surface area contributed by atoms with Crippen molar-refractivity contribution in [3.63, 3.8) is 0 Å². The lowest BCUT2D eigenvalue weighted by Crippen LogP contribution is -2.08. The summed E-state index contributed by atoms with van der Waals surface area (Å²) in [5, 5.41) is 0. The first-order chi connectivity index (χ1) is 7.17. The van der Waals surface area contributed by atoms with E-state index in [9.17, 15) is 4.79 Å². The zero-order chi connectivity index (χ0) is 11.3. The Morgan fingerprint density at radius 2 is 2.07 bits per heavy atom. The van der Waals surface area contributed by atoms with Gasteiger partial charge in [-0.2, -0.15) is 0 Å². The smallest absolute Gasteiger partial charge is 0.150 e. The SMILES string of the molecule is CCN(C)/C=C\c1cc(C)ccc1C=O. The second-order valence-corrected chi connectivity index (χ2v) is 3.64. The van der Waals surface area contributed by atoms with Gasteiger partial charge in [-0.05, 0) is 31.7 Å². The molecule has 0 fully saturated rings. The second-order valence-electron chi connectivity index (χ2n) is 3.64. The van der Waals surface area contributed by atoms with Crippen molar-refractivity contribution in [3.8, 4) is 0 Å². The molecule has 0 aliphatic carbocycles. The zero-order valence-electron chi connectivity index (χ0n) is 9.53. The minimum Gasteiger partial charge on any atom is -0.381 e. The lowest BCUT2D eigenvalue weighted by Gasteiger charge is -2.09. The third-order valence-electron chi connectivity index (χ3n) is 2.38. The summed E-state index contributed by atoms with van der Waals surface area (Å²) in [6, 6.07) is 5.82. The number of hydrogen-bond donors (Lipinski definition) is 0.